The molecule has 34 heavy (non-hydrogen) atoms. The van der Waals surface area contributed by atoms with Gasteiger partial charge in [-0.05, 0) is 80.8 Å². The molecule has 0 unspecified atom stereocenters. The van der Waals surface area contributed by atoms with Crippen molar-refractivity contribution in [2.45, 2.75) is 32.6 Å². The van der Waals surface area contributed by atoms with E-state index >= 15 is 0 Å². The number of anilines is 1. The molecule has 1 amide bonds. The zero-order valence-corrected chi connectivity index (χ0v) is 20.7. The lowest BCUT2D eigenvalue weighted by atomic mass is 9.96. The van der Waals surface area contributed by atoms with Crippen molar-refractivity contribution < 1.29 is 13.2 Å². The molecule has 4 rings (SSSR count). The molecule has 0 saturated heterocycles. The first-order valence-electron chi connectivity index (χ1n) is 10.9. The zero-order chi connectivity index (χ0) is 24.6. The first kappa shape index (κ1) is 23.4. The van der Waals surface area contributed by atoms with Gasteiger partial charge in [-0.1, -0.05) is 18.2 Å². The third-order valence-corrected chi connectivity index (χ3v) is 7.17. The molecule has 2 heterocycles. The summed E-state index contributed by atoms with van der Waals surface area (Å²) < 4.78 is 25.6. The number of aromatic nitrogens is 2. The Kier molecular flexibility index (Phi) is 6.15. The lowest BCUT2D eigenvalue weighted by Gasteiger charge is -2.16. The Morgan fingerprint density at radius 1 is 0.912 bits per heavy atom. The number of sulfone groups is 1. The van der Waals surface area contributed by atoms with E-state index in [1.165, 1.54) is 12.1 Å². The fraction of sp³-hybridized carbons (Fsp3) is 0.185. The molecule has 0 aliphatic heterocycles. The Hall–Kier alpha value is -3.71. The summed E-state index contributed by atoms with van der Waals surface area (Å²) in [4.78, 5) is 18.0. The van der Waals surface area contributed by atoms with E-state index in [1.54, 1.807) is 24.5 Å². The summed E-state index contributed by atoms with van der Waals surface area (Å²) in [5, 5.41) is 2.93. The second kappa shape index (κ2) is 8.91. The van der Waals surface area contributed by atoms with Crippen molar-refractivity contribution >= 4 is 21.4 Å². The second-order valence-corrected chi connectivity index (χ2v) is 10.5. The van der Waals surface area contributed by atoms with Crippen molar-refractivity contribution in [3.63, 3.8) is 0 Å². The average Bonchev–Trinajstić information content (AvgIpc) is 3.04. The van der Waals surface area contributed by atoms with E-state index in [1.807, 2.05) is 32.0 Å². The highest BCUT2D eigenvalue weighted by atomic mass is 32.2. The quantitative estimate of drug-likeness (QED) is 0.419. The molecule has 0 fully saturated rings. The number of pyridine rings is 1. The van der Waals surface area contributed by atoms with Gasteiger partial charge >= 0.3 is 0 Å². The Morgan fingerprint density at radius 3 is 2.12 bits per heavy atom. The largest absolute Gasteiger partial charge is 0.322 e. The van der Waals surface area contributed by atoms with Crippen LogP contribution in [-0.4, -0.2) is 30.1 Å². The van der Waals surface area contributed by atoms with Crippen LogP contribution in [0, 0.1) is 27.7 Å². The highest BCUT2D eigenvalue weighted by molar-refractivity contribution is 7.90. The normalized spacial score (nSPS) is 11.4. The maximum atomic E-state index is 13.5. The number of hydrogen-bond acceptors (Lipinski definition) is 4. The van der Waals surface area contributed by atoms with Crippen LogP contribution in [0.1, 0.15) is 32.7 Å². The summed E-state index contributed by atoms with van der Waals surface area (Å²) in [6.45, 7) is 8.03. The van der Waals surface area contributed by atoms with Gasteiger partial charge in [-0.2, -0.15) is 0 Å². The second-order valence-electron chi connectivity index (χ2n) is 8.50. The standard InChI is InChI=1S/C27H27N3O3S/c1-17-8-6-9-18(2)24(17)26-19(3)25(20(4)30(26)22-10-7-15-28-16-22)27(31)29-21-11-13-23(14-12-21)34(5,32)33/h6-16H,1-5H3,(H,29,31). The van der Waals surface area contributed by atoms with Gasteiger partial charge in [0.25, 0.3) is 5.91 Å². The van der Waals surface area contributed by atoms with Crippen molar-refractivity contribution in [3.8, 4) is 16.9 Å². The number of aryl methyl sites for hydroxylation is 2. The Balaban J connectivity index is 1.86. The molecule has 174 valence electrons. The van der Waals surface area contributed by atoms with E-state index in [-0.39, 0.29) is 10.8 Å². The maximum Gasteiger partial charge on any atom is 0.257 e. The van der Waals surface area contributed by atoms with Crippen molar-refractivity contribution in [1.82, 2.24) is 9.55 Å². The molecule has 2 aromatic heterocycles. The molecular weight excluding hydrogens is 446 g/mol. The van der Waals surface area contributed by atoms with Crippen LogP contribution in [0.5, 0.6) is 0 Å². The average molecular weight is 474 g/mol. The fourth-order valence-corrected chi connectivity index (χ4v) is 5.08. The third kappa shape index (κ3) is 4.26. The molecule has 7 heteroatoms. The van der Waals surface area contributed by atoms with Crippen LogP contribution in [0.3, 0.4) is 0 Å². The van der Waals surface area contributed by atoms with Gasteiger partial charge in [0, 0.05) is 29.4 Å². The van der Waals surface area contributed by atoms with E-state index in [4.69, 9.17) is 0 Å². The van der Waals surface area contributed by atoms with Crippen LogP contribution >= 0.6 is 0 Å². The molecule has 4 aromatic rings. The van der Waals surface area contributed by atoms with Gasteiger partial charge in [-0.15, -0.1) is 0 Å². The Morgan fingerprint density at radius 2 is 1.56 bits per heavy atom. The maximum absolute atomic E-state index is 13.5. The Labute approximate surface area is 200 Å². The summed E-state index contributed by atoms with van der Waals surface area (Å²) in [5.41, 5.74) is 7.92. The predicted octanol–water partition coefficient (Wildman–Crippen LogP) is 5.43. The van der Waals surface area contributed by atoms with E-state index in [0.717, 1.165) is 45.6 Å². The first-order chi connectivity index (χ1) is 16.1. The van der Waals surface area contributed by atoms with E-state index in [0.29, 0.717) is 11.3 Å². The lowest BCUT2D eigenvalue weighted by Crippen LogP contribution is -2.14. The highest BCUT2D eigenvalue weighted by Crippen LogP contribution is 2.37. The van der Waals surface area contributed by atoms with Gasteiger partial charge in [-0.3, -0.25) is 9.78 Å². The molecule has 0 aliphatic carbocycles. The molecule has 0 saturated carbocycles. The van der Waals surface area contributed by atoms with Crippen LogP contribution < -0.4 is 5.32 Å². The summed E-state index contributed by atoms with van der Waals surface area (Å²) in [7, 11) is -3.31. The van der Waals surface area contributed by atoms with Gasteiger partial charge in [-0.25, -0.2) is 8.42 Å². The molecule has 2 aromatic carbocycles. The molecule has 0 radical (unpaired) electrons. The van der Waals surface area contributed by atoms with Crippen LogP contribution in [0.15, 0.2) is 71.9 Å². The molecule has 6 nitrogen and oxygen atoms in total. The van der Waals surface area contributed by atoms with E-state index in [2.05, 4.69) is 40.8 Å². The van der Waals surface area contributed by atoms with E-state index in [9.17, 15) is 13.2 Å². The molecule has 0 spiro atoms. The molecule has 0 aliphatic rings. The monoisotopic (exact) mass is 473 g/mol. The molecule has 1 N–H and O–H groups in total. The topological polar surface area (TPSA) is 81.1 Å². The number of nitrogens with one attached hydrogen (secondary N) is 1. The predicted molar refractivity (Wildman–Crippen MR) is 135 cm³/mol. The van der Waals surface area contributed by atoms with Crippen LogP contribution in [0.2, 0.25) is 0 Å². The van der Waals surface area contributed by atoms with E-state index < -0.39 is 9.84 Å². The van der Waals surface area contributed by atoms with Crippen molar-refractivity contribution in [2.24, 2.45) is 0 Å². The molecule has 0 atom stereocenters. The SMILES string of the molecule is Cc1cccc(C)c1-c1c(C)c(C(=O)Nc2ccc(S(C)(=O)=O)cc2)c(C)n1-c1cccnc1. The summed E-state index contributed by atoms with van der Waals surface area (Å²) in [6, 6.07) is 16.2. The van der Waals surface area contributed by atoms with Gasteiger partial charge in [0.05, 0.1) is 28.0 Å². The minimum absolute atomic E-state index is 0.206. The highest BCUT2D eigenvalue weighted by Gasteiger charge is 2.26. The number of benzene rings is 2. The molecule has 0 bridgehead atoms. The third-order valence-electron chi connectivity index (χ3n) is 6.04. The van der Waals surface area contributed by atoms with Crippen molar-refractivity contribution in [3.05, 3.63) is 94.9 Å². The van der Waals surface area contributed by atoms with Gasteiger partial charge in [0.1, 0.15) is 0 Å². The summed E-state index contributed by atoms with van der Waals surface area (Å²) >= 11 is 0. The number of carbonyl (C=O) groups is 1. The summed E-state index contributed by atoms with van der Waals surface area (Å²) in [5.74, 6) is -0.253. The van der Waals surface area contributed by atoms with Crippen LogP contribution in [-0.2, 0) is 9.84 Å². The number of amides is 1. The molecular formula is C27H27N3O3S. The first-order valence-corrected chi connectivity index (χ1v) is 12.8. The number of nitrogens with zero attached hydrogens (tertiary/aromatic N) is 2. The van der Waals surface area contributed by atoms with Crippen molar-refractivity contribution in [1.29, 1.82) is 0 Å². The minimum Gasteiger partial charge on any atom is -0.322 e. The summed E-state index contributed by atoms with van der Waals surface area (Å²) in [6.07, 6.45) is 4.67. The fourth-order valence-electron chi connectivity index (χ4n) is 4.45. The number of rotatable bonds is 5. The van der Waals surface area contributed by atoms with Crippen molar-refractivity contribution in [2.75, 3.05) is 11.6 Å². The Bertz CT molecular complexity index is 1470. The lowest BCUT2D eigenvalue weighted by molar-refractivity contribution is 0.102. The smallest absolute Gasteiger partial charge is 0.257 e. The van der Waals surface area contributed by atoms with Crippen LogP contribution in [0.25, 0.3) is 16.9 Å². The zero-order valence-electron chi connectivity index (χ0n) is 19.9. The van der Waals surface area contributed by atoms with Gasteiger partial charge < -0.3 is 9.88 Å². The van der Waals surface area contributed by atoms with Gasteiger partial charge in [0.2, 0.25) is 0 Å². The number of hydrogen-bond donors (Lipinski definition) is 1. The van der Waals surface area contributed by atoms with Gasteiger partial charge in [0.15, 0.2) is 9.84 Å². The number of carbonyl (C=O) groups excluding carboxylic acids is 1. The minimum atomic E-state index is -3.31. The van der Waals surface area contributed by atoms with Crippen LogP contribution in [0.4, 0.5) is 5.69 Å².